The summed E-state index contributed by atoms with van der Waals surface area (Å²) in [5.41, 5.74) is 0.591. The van der Waals surface area contributed by atoms with Crippen LogP contribution in [-0.4, -0.2) is 25.0 Å². The molecular weight excluding hydrogens is 261 g/mol. The molecule has 1 aromatic rings. The predicted octanol–water partition coefficient (Wildman–Crippen LogP) is 2.00. The third kappa shape index (κ3) is 3.35. The Balaban J connectivity index is 1.87. The van der Waals surface area contributed by atoms with Crippen LogP contribution >= 0.6 is 0 Å². The van der Waals surface area contributed by atoms with Gasteiger partial charge in [-0.1, -0.05) is 18.2 Å². The fraction of sp³-hybridized carbons (Fsp3) is 0.467. The van der Waals surface area contributed by atoms with Gasteiger partial charge >= 0.3 is 5.97 Å². The van der Waals surface area contributed by atoms with Crippen LogP contribution in [0.1, 0.15) is 31.2 Å². The lowest BCUT2D eigenvalue weighted by Gasteiger charge is -2.12. The highest BCUT2D eigenvalue weighted by atomic mass is 19.1. The largest absolute Gasteiger partial charge is 0.469 e. The second-order valence-corrected chi connectivity index (χ2v) is 5.16. The molecule has 2 rings (SSSR count). The zero-order valence-electron chi connectivity index (χ0n) is 11.6. The zero-order chi connectivity index (χ0) is 14.7. The third-order valence-corrected chi connectivity index (χ3v) is 3.52. The molecule has 108 valence electrons. The lowest BCUT2D eigenvalue weighted by atomic mass is 10.1. The summed E-state index contributed by atoms with van der Waals surface area (Å²) >= 11 is 0. The van der Waals surface area contributed by atoms with Gasteiger partial charge in [-0.15, -0.1) is 0 Å². The Hall–Kier alpha value is -1.91. The van der Waals surface area contributed by atoms with Gasteiger partial charge in [-0.05, 0) is 30.9 Å². The first kappa shape index (κ1) is 14.5. The summed E-state index contributed by atoms with van der Waals surface area (Å²) in [5.74, 6) is -1.02. The standard InChI is InChI=1S/C15H18FNO3/c1-9(7-14(18)20-2)17-15(19)12-8-11(12)10-5-3-4-6-13(10)16/h3-6,9,11-12H,7-8H2,1-2H3,(H,17,19). The highest BCUT2D eigenvalue weighted by Crippen LogP contribution is 2.48. The van der Waals surface area contributed by atoms with Crippen molar-refractivity contribution in [2.75, 3.05) is 7.11 Å². The minimum atomic E-state index is -0.362. The minimum Gasteiger partial charge on any atom is -0.469 e. The maximum absolute atomic E-state index is 13.6. The number of nitrogens with one attached hydrogen (secondary N) is 1. The molecule has 1 amide bonds. The molecule has 0 saturated heterocycles. The lowest BCUT2D eigenvalue weighted by molar-refractivity contribution is -0.141. The molecule has 0 aromatic heterocycles. The van der Waals surface area contributed by atoms with Crippen LogP contribution in [0.5, 0.6) is 0 Å². The highest BCUT2D eigenvalue weighted by molar-refractivity contribution is 5.83. The predicted molar refractivity (Wildman–Crippen MR) is 71.5 cm³/mol. The Morgan fingerprint density at radius 1 is 1.45 bits per heavy atom. The second-order valence-electron chi connectivity index (χ2n) is 5.16. The minimum absolute atomic E-state index is 0.0541. The van der Waals surface area contributed by atoms with Gasteiger partial charge in [-0.3, -0.25) is 9.59 Å². The highest BCUT2D eigenvalue weighted by Gasteiger charge is 2.45. The molecule has 0 aliphatic heterocycles. The number of benzene rings is 1. The van der Waals surface area contributed by atoms with Gasteiger partial charge in [0.1, 0.15) is 5.82 Å². The van der Waals surface area contributed by atoms with Gasteiger partial charge in [0.2, 0.25) is 5.91 Å². The molecule has 1 saturated carbocycles. The number of halogens is 1. The average molecular weight is 279 g/mol. The van der Waals surface area contributed by atoms with Crippen molar-refractivity contribution in [3.05, 3.63) is 35.6 Å². The Morgan fingerprint density at radius 2 is 2.15 bits per heavy atom. The number of amides is 1. The van der Waals surface area contributed by atoms with Gasteiger partial charge in [0.15, 0.2) is 0 Å². The first-order valence-corrected chi connectivity index (χ1v) is 6.64. The molecule has 1 aliphatic rings. The molecule has 0 radical (unpaired) electrons. The van der Waals surface area contributed by atoms with Gasteiger partial charge in [-0.2, -0.15) is 0 Å². The molecule has 1 aromatic carbocycles. The number of hydrogen-bond donors (Lipinski definition) is 1. The van der Waals surface area contributed by atoms with Crippen molar-refractivity contribution in [2.45, 2.75) is 31.7 Å². The van der Waals surface area contributed by atoms with Crippen molar-refractivity contribution in [2.24, 2.45) is 5.92 Å². The molecular formula is C15H18FNO3. The number of rotatable bonds is 5. The van der Waals surface area contributed by atoms with Gasteiger partial charge in [0, 0.05) is 12.0 Å². The number of methoxy groups -OCH3 is 1. The van der Waals surface area contributed by atoms with Gasteiger partial charge in [0.05, 0.1) is 13.5 Å². The summed E-state index contributed by atoms with van der Waals surface area (Å²) in [6.07, 6.45) is 0.789. The van der Waals surface area contributed by atoms with E-state index in [0.717, 1.165) is 0 Å². The summed E-state index contributed by atoms with van der Waals surface area (Å²) in [7, 11) is 1.31. The zero-order valence-corrected chi connectivity index (χ0v) is 11.6. The van der Waals surface area contributed by atoms with Crippen LogP contribution in [0.2, 0.25) is 0 Å². The third-order valence-electron chi connectivity index (χ3n) is 3.52. The molecule has 3 atom stereocenters. The molecule has 0 spiro atoms. The fourth-order valence-corrected chi connectivity index (χ4v) is 2.34. The Bertz CT molecular complexity index is 518. The Morgan fingerprint density at radius 3 is 2.80 bits per heavy atom. The lowest BCUT2D eigenvalue weighted by Crippen LogP contribution is -2.35. The summed E-state index contributed by atoms with van der Waals surface area (Å²) in [4.78, 5) is 23.1. The smallest absolute Gasteiger partial charge is 0.307 e. The Labute approximate surface area is 117 Å². The van der Waals surface area contributed by atoms with E-state index in [9.17, 15) is 14.0 Å². The molecule has 1 N–H and O–H groups in total. The van der Waals surface area contributed by atoms with Crippen LogP contribution in [0.25, 0.3) is 0 Å². The van der Waals surface area contributed by atoms with Crippen molar-refractivity contribution in [1.29, 1.82) is 0 Å². The van der Waals surface area contributed by atoms with E-state index < -0.39 is 0 Å². The first-order chi connectivity index (χ1) is 9.52. The number of carbonyl (C=O) groups is 2. The van der Waals surface area contributed by atoms with E-state index >= 15 is 0 Å². The fourth-order valence-electron chi connectivity index (χ4n) is 2.34. The van der Waals surface area contributed by atoms with Crippen molar-refractivity contribution in [1.82, 2.24) is 5.32 Å². The SMILES string of the molecule is COC(=O)CC(C)NC(=O)C1CC1c1ccccc1F. The van der Waals surface area contributed by atoms with E-state index in [2.05, 4.69) is 10.1 Å². The van der Waals surface area contributed by atoms with E-state index in [1.54, 1.807) is 25.1 Å². The molecule has 1 aliphatic carbocycles. The van der Waals surface area contributed by atoms with Crippen LogP contribution in [0.4, 0.5) is 4.39 Å². The summed E-state index contributed by atoms with van der Waals surface area (Å²) in [6, 6.07) is 6.24. The molecule has 3 unspecified atom stereocenters. The average Bonchev–Trinajstić information content (AvgIpc) is 3.19. The normalized spacial score (nSPS) is 21.9. The quantitative estimate of drug-likeness (QED) is 0.839. The second kappa shape index (κ2) is 6.03. The van der Waals surface area contributed by atoms with Crippen LogP contribution < -0.4 is 5.32 Å². The summed E-state index contributed by atoms with van der Waals surface area (Å²) in [5, 5.41) is 2.76. The molecule has 4 nitrogen and oxygen atoms in total. The number of hydrogen-bond acceptors (Lipinski definition) is 3. The van der Waals surface area contributed by atoms with E-state index in [0.29, 0.717) is 12.0 Å². The van der Waals surface area contributed by atoms with Crippen LogP contribution in [-0.2, 0) is 14.3 Å². The van der Waals surface area contributed by atoms with Gasteiger partial charge in [-0.25, -0.2) is 4.39 Å². The number of esters is 1. The van der Waals surface area contributed by atoms with Gasteiger partial charge in [0.25, 0.3) is 0 Å². The maximum Gasteiger partial charge on any atom is 0.307 e. The van der Waals surface area contributed by atoms with E-state index in [1.165, 1.54) is 13.2 Å². The monoisotopic (exact) mass is 279 g/mol. The summed E-state index contributed by atoms with van der Waals surface area (Å²) in [6.45, 7) is 1.75. The van der Waals surface area contributed by atoms with Gasteiger partial charge < -0.3 is 10.1 Å². The van der Waals surface area contributed by atoms with Crippen LogP contribution in [0, 0.1) is 11.7 Å². The topological polar surface area (TPSA) is 55.4 Å². The number of ether oxygens (including phenoxy) is 1. The van der Waals surface area contributed by atoms with Crippen molar-refractivity contribution in [3.63, 3.8) is 0 Å². The Kier molecular flexibility index (Phi) is 4.37. The number of carbonyl (C=O) groups excluding carboxylic acids is 2. The van der Waals surface area contributed by atoms with Crippen molar-refractivity contribution >= 4 is 11.9 Å². The van der Waals surface area contributed by atoms with Crippen LogP contribution in [0.3, 0.4) is 0 Å². The van der Waals surface area contributed by atoms with E-state index in [-0.39, 0.29) is 42.0 Å². The molecule has 20 heavy (non-hydrogen) atoms. The first-order valence-electron chi connectivity index (χ1n) is 6.64. The molecule has 1 fully saturated rings. The summed E-state index contributed by atoms with van der Waals surface area (Å²) < 4.78 is 18.1. The molecule has 5 heteroatoms. The van der Waals surface area contributed by atoms with Crippen LogP contribution in [0.15, 0.2) is 24.3 Å². The van der Waals surface area contributed by atoms with E-state index in [1.807, 2.05) is 0 Å². The van der Waals surface area contributed by atoms with Crippen molar-refractivity contribution < 1.29 is 18.7 Å². The van der Waals surface area contributed by atoms with Crippen molar-refractivity contribution in [3.8, 4) is 0 Å². The molecule has 0 bridgehead atoms. The maximum atomic E-state index is 13.6. The molecule has 0 heterocycles. The van der Waals surface area contributed by atoms with E-state index in [4.69, 9.17) is 0 Å².